The normalized spacial score (nSPS) is 16.4. The quantitative estimate of drug-likeness (QED) is 0.601. The monoisotopic (exact) mass is 443 g/mol. The van der Waals surface area contributed by atoms with Crippen molar-refractivity contribution in [2.45, 2.75) is 43.5 Å². The Morgan fingerprint density at radius 2 is 1.81 bits per heavy atom. The molecule has 1 aliphatic rings. The minimum absolute atomic E-state index is 0.0136. The van der Waals surface area contributed by atoms with Gasteiger partial charge in [-0.05, 0) is 49.6 Å². The first-order valence-electron chi connectivity index (χ1n) is 10.4. The van der Waals surface area contributed by atoms with Crippen LogP contribution in [-0.4, -0.2) is 45.8 Å². The molecule has 166 valence electrons. The van der Waals surface area contributed by atoms with Crippen molar-refractivity contribution in [1.82, 2.24) is 9.62 Å². The molecular weight excluding hydrogens is 414 g/mol. The molecule has 2 aromatic rings. The predicted molar refractivity (Wildman–Crippen MR) is 121 cm³/mol. The zero-order valence-electron chi connectivity index (χ0n) is 18.2. The van der Waals surface area contributed by atoms with Crippen molar-refractivity contribution < 1.29 is 17.9 Å². The molecule has 0 saturated heterocycles. The molecule has 1 amide bonds. The number of carbonyl (C=O) groups excluding carboxylic acids is 1. The molecule has 8 heteroatoms. The maximum atomic E-state index is 12.5. The van der Waals surface area contributed by atoms with Crippen LogP contribution in [0.4, 0.5) is 0 Å². The lowest BCUT2D eigenvalue weighted by molar-refractivity contribution is -0.131. The fraction of sp³-hybridized carbons (Fsp3) is 0.391. The van der Waals surface area contributed by atoms with Crippen molar-refractivity contribution in [3.05, 3.63) is 59.7 Å². The molecule has 0 radical (unpaired) electrons. The summed E-state index contributed by atoms with van der Waals surface area (Å²) in [6.07, 6.45) is 2.88. The molecule has 0 aliphatic carbocycles. The predicted octanol–water partition coefficient (Wildman–Crippen LogP) is 3.51. The van der Waals surface area contributed by atoms with Gasteiger partial charge in [0.15, 0.2) is 0 Å². The molecule has 0 aromatic heterocycles. The maximum Gasteiger partial charge on any atom is 0.263 e. The number of unbranched alkanes of at least 4 members (excludes halogenated alkanes) is 2. The number of sulfonamides is 1. The SMILES string of the molecule is COc1ccc(C(C)N(C)C(=O)CCCCCN=C2NS(=O)(=O)c3ccccc32)cc1. The summed E-state index contributed by atoms with van der Waals surface area (Å²) < 4.78 is 31.9. The van der Waals surface area contributed by atoms with Crippen LogP contribution in [0.2, 0.25) is 0 Å². The molecule has 1 aliphatic heterocycles. The van der Waals surface area contributed by atoms with Gasteiger partial charge < -0.3 is 9.64 Å². The van der Waals surface area contributed by atoms with Gasteiger partial charge >= 0.3 is 0 Å². The molecule has 0 saturated carbocycles. The highest BCUT2D eigenvalue weighted by molar-refractivity contribution is 7.90. The number of rotatable bonds is 9. The van der Waals surface area contributed by atoms with Crippen molar-refractivity contribution in [2.24, 2.45) is 4.99 Å². The van der Waals surface area contributed by atoms with Crippen LogP contribution in [-0.2, 0) is 14.8 Å². The third-order valence-corrected chi connectivity index (χ3v) is 6.95. The summed E-state index contributed by atoms with van der Waals surface area (Å²) in [6.45, 7) is 2.52. The van der Waals surface area contributed by atoms with E-state index in [4.69, 9.17) is 4.74 Å². The Morgan fingerprint density at radius 1 is 1.10 bits per heavy atom. The van der Waals surface area contributed by atoms with Gasteiger partial charge in [-0.25, -0.2) is 8.42 Å². The summed E-state index contributed by atoms with van der Waals surface area (Å²) in [4.78, 5) is 19.0. The number of carbonyl (C=O) groups is 1. The Hall–Kier alpha value is -2.87. The van der Waals surface area contributed by atoms with E-state index in [0.717, 1.165) is 30.6 Å². The Morgan fingerprint density at radius 3 is 2.52 bits per heavy atom. The Bertz CT molecular complexity index is 1050. The van der Waals surface area contributed by atoms with Crippen molar-refractivity contribution in [3.63, 3.8) is 0 Å². The summed E-state index contributed by atoms with van der Waals surface area (Å²) in [6, 6.07) is 14.6. The number of hydrogen-bond donors (Lipinski definition) is 1. The van der Waals surface area contributed by atoms with Crippen LogP contribution in [0.3, 0.4) is 0 Å². The van der Waals surface area contributed by atoms with Gasteiger partial charge in [0.05, 0.1) is 18.0 Å². The number of benzene rings is 2. The van der Waals surface area contributed by atoms with E-state index in [2.05, 4.69) is 9.71 Å². The van der Waals surface area contributed by atoms with Crippen LogP contribution >= 0.6 is 0 Å². The van der Waals surface area contributed by atoms with Gasteiger partial charge in [-0.2, -0.15) is 0 Å². The summed E-state index contributed by atoms with van der Waals surface area (Å²) in [7, 11) is -0.0397. The second-order valence-electron chi connectivity index (χ2n) is 7.60. The Labute approximate surface area is 184 Å². The molecule has 0 spiro atoms. The number of nitrogens with zero attached hydrogens (tertiary/aromatic N) is 2. The van der Waals surface area contributed by atoms with E-state index in [1.54, 1.807) is 36.3 Å². The lowest BCUT2D eigenvalue weighted by Crippen LogP contribution is -2.29. The van der Waals surface area contributed by atoms with Crippen LogP contribution in [0.1, 0.15) is 49.8 Å². The molecule has 31 heavy (non-hydrogen) atoms. The average molecular weight is 444 g/mol. The minimum Gasteiger partial charge on any atom is -0.497 e. The smallest absolute Gasteiger partial charge is 0.263 e. The number of hydrogen-bond acceptors (Lipinski definition) is 5. The maximum absolute atomic E-state index is 12.5. The van der Waals surface area contributed by atoms with E-state index in [0.29, 0.717) is 24.4 Å². The van der Waals surface area contributed by atoms with Gasteiger partial charge in [-0.15, -0.1) is 0 Å². The summed E-state index contributed by atoms with van der Waals surface area (Å²) in [5.74, 6) is 1.30. The molecule has 7 nitrogen and oxygen atoms in total. The fourth-order valence-corrected chi connectivity index (χ4v) is 4.76. The number of amidine groups is 1. The molecule has 3 rings (SSSR count). The molecule has 1 unspecified atom stereocenters. The number of methoxy groups -OCH3 is 1. The third kappa shape index (κ3) is 5.44. The van der Waals surface area contributed by atoms with Crippen LogP contribution in [0.5, 0.6) is 5.75 Å². The molecule has 1 atom stereocenters. The van der Waals surface area contributed by atoms with Crippen LogP contribution in [0, 0.1) is 0 Å². The first-order valence-corrected chi connectivity index (χ1v) is 11.9. The van der Waals surface area contributed by atoms with E-state index < -0.39 is 10.0 Å². The average Bonchev–Trinajstić information content (AvgIpc) is 3.05. The summed E-state index contributed by atoms with van der Waals surface area (Å²) in [5, 5.41) is 0. The second kappa shape index (κ2) is 9.96. The van der Waals surface area contributed by atoms with E-state index in [1.807, 2.05) is 38.2 Å². The van der Waals surface area contributed by atoms with Gasteiger partial charge in [0.25, 0.3) is 10.0 Å². The standard InChI is InChI=1S/C23H29N3O4S/c1-17(18-12-14-19(30-3)15-13-18)26(2)22(27)11-5-4-8-16-24-23-20-9-6-7-10-21(20)31(28,29)25-23/h6-7,9-10,12-15,17H,4-5,8,11,16H2,1-3H3,(H,24,25). The molecule has 2 aromatic carbocycles. The van der Waals surface area contributed by atoms with E-state index in [9.17, 15) is 13.2 Å². The topological polar surface area (TPSA) is 88.1 Å². The highest BCUT2D eigenvalue weighted by atomic mass is 32.2. The number of nitrogens with one attached hydrogen (secondary N) is 1. The van der Waals surface area contributed by atoms with Crippen molar-refractivity contribution in [2.75, 3.05) is 20.7 Å². The highest BCUT2D eigenvalue weighted by Gasteiger charge is 2.29. The summed E-state index contributed by atoms with van der Waals surface area (Å²) >= 11 is 0. The molecule has 1 heterocycles. The Kier molecular flexibility index (Phi) is 7.33. The van der Waals surface area contributed by atoms with Crippen molar-refractivity contribution in [3.8, 4) is 5.75 Å². The fourth-order valence-electron chi connectivity index (χ4n) is 3.51. The van der Waals surface area contributed by atoms with Crippen LogP contribution in [0.25, 0.3) is 0 Å². The second-order valence-corrected chi connectivity index (χ2v) is 9.25. The summed E-state index contributed by atoms with van der Waals surface area (Å²) in [5.41, 5.74) is 1.68. The molecule has 0 bridgehead atoms. The number of aliphatic imine (C=N–C) groups is 1. The van der Waals surface area contributed by atoms with Gasteiger partial charge in [0.1, 0.15) is 11.6 Å². The number of fused-ring (bicyclic) bond motifs is 1. The van der Waals surface area contributed by atoms with Gasteiger partial charge in [0, 0.05) is 25.6 Å². The lowest BCUT2D eigenvalue weighted by Gasteiger charge is -2.25. The molecule has 1 N–H and O–H groups in total. The van der Waals surface area contributed by atoms with Crippen LogP contribution < -0.4 is 9.46 Å². The third-order valence-electron chi connectivity index (χ3n) is 5.55. The molecule has 0 fully saturated rings. The lowest BCUT2D eigenvalue weighted by atomic mass is 10.1. The molecular formula is C23H29N3O4S. The zero-order chi connectivity index (χ0) is 22.4. The first-order chi connectivity index (χ1) is 14.8. The van der Waals surface area contributed by atoms with E-state index >= 15 is 0 Å². The van der Waals surface area contributed by atoms with Gasteiger partial charge in [-0.3, -0.25) is 14.5 Å². The highest BCUT2D eigenvalue weighted by Crippen LogP contribution is 2.23. The van der Waals surface area contributed by atoms with Crippen LogP contribution in [0.15, 0.2) is 58.4 Å². The van der Waals surface area contributed by atoms with Gasteiger partial charge in [0.2, 0.25) is 5.91 Å². The number of amides is 1. The first kappa shape index (κ1) is 22.8. The van der Waals surface area contributed by atoms with Gasteiger partial charge in [-0.1, -0.05) is 30.7 Å². The Balaban J connectivity index is 1.42. The zero-order valence-corrected chi connectivity index (χ0v) is 19.0. The van der Waals surface area contributed by atoms with E-state index in [1.165, 1.54) is 0 Å². The van der Waals surface area contributed by atoms with E-state index in [-0.39, 0.29) is 16.8 Å². The minimum atomic E-state index is -3.50. The van der Waals surface area contributed by atoms with Crippen molar-refractivity contribution >= 4 is 21.8 Å². The number of ether oxygens (including phenoxy) is 1. The largest absolute Gasteiger partial charge is 0.497 e. The van der Waals surface area contributed by atoms with Crippen molar-refractivity contribution in [1.29, 1.82) is 0 Å².